The molecule has 0 atom stereocenters. The number of methoxy groups -OCH3 is 1. The van der Waals surface area contributed by atoms with Crippen molar-refractivity contribution in [1.82, 2.24) is 4.98 Å². The molecule has 28 heavy (non-hydrogen) atoms. The maximum Gasteiger partial charge on any atom is 0.416 e. The number of halogens is 3. The molecule has 0 unspecified atom stereocenters. The van der Waals surface area contributed by atoms with Crippen molar-refractivity contribution in [2.45, 2.75) is 25.9 Å². The maximum atomic E-state index is 13.1. The van der Waals surface area contributed by atoms with E-state index in [2.05, 4.69) is 18.8 Å². The molecule has 0 spiro atoms. The quantitative estimate of drug-likeness (QED) is 0.585. The zero-order valence-corrected chi connectivity index (χ0v) is 15.8. The van der Waals surface area contributed by atoms with Gasteiger partial charge in [0.2, 0.25) is 0 Å². The standard InChI is InChI=1S/C22H21F3N2O/c1-13(2)14-7-8-20(28-3)18(10-14)16-11-19(21(26)27-12-16)15-5-4-6-17(9-15)22(23,24)25/h4-13H,1-3H3,(H2,26,27). The van der Waals surface area contributed by atoms with Crippen LogP contribution in [0.3, 0.4) is 0 Å². The number of nitrogens with two attached hydrogens (primary N) is 1. The SMILES string of the molecule is COc1ccc(C(C)C)cc1-c1cnc(N)c(-c2cccc(C(F)(F)F)c2)c1. The van der Waals surface area contributed by atoms with Crippen LogP contribution >= 0.6 is 0 Å². The number of benzene rings is 2. The van der Waals surface area contributed by atoms with Crippen molar-refractivity contribution in [1.29, 1.82) is 0 Å². The summed E-state index contributed by atoms with van der Waals surface area (Å²) in [5.41, 5.74) is 8.72. The molecule has 0 saturated heterocycles. The third-order valence-corrected chi connectivity index (χ3v) is 4.62. The van der Waals surface area contributed by atoms with E-state index in [0.29, 0.717) is 22.8 Å². The van der Waals surface area contributed by atoms with E-state index in [1.807, 2.05) is 18.2 Å². The number of nitrogen functional groups attached to an aromatic ring is 1. The van der Waals surface area contributed by atoms with Gasteiger partial charge in [-0.1, -0.05) is 32.0 Å². The summed E-state index contributed by atoms with van der Waals surface area (Å²) in [4.78, 5) is 4.21. The van der Waals surface area contributed by atoms with E-state index >= 15 is 0 Å². The average Bonchev–Trinajstić information content (AvgIpc) is 2.67. The number of ether oxygens (including phenoxy) is 1. The first kappa shape index (κ1) is 19.7. The van der Waals surface area contributed by atoms with Gasteiger partial charge in [-0.2, -0.15) is 13.2 Å². The summed E-state index contributed by atoms with van der Waals surface area (Å²) in [5.74, 6) is 1.14. The predicted molar refractivity (Wildman–Crippen MR) is 105 cm³/mol. The minimum atomic E-state index is -4.43. The summed E-state index contributed by atoms with van der Waals surface area (Å²) in [6.07, 6.45) is -2.82. The first-order chi connectivity index (χ1) is 13.2. The highest BCUT2D eigenvalue weighted by atomic mass is 19.4. The molecule has 0 aliphatic carbocycles. The van der Waals surface area contributed by atoms with Gasteiger partial charge in [0.1, 0.15) is 11.6 Å². The zero-order valence-electron chi connectivity index (χ0n) is 15.8. The van der Waals surface area contributed by atoms with E-state index in [4.69, 9.17) is 10.5 Å². The Morgan fingerprint density at radius 1 is 0.964 bits per heavy atom. The van der Waals surface area contributed by atoms with Gasteiger partial charge < -0.3 is 10.5 Å². The summed E-state index contributed by atoms with van der Waals surface area (Å²) >= 11 is 0. The van der Waals surface area contributed by atoms with E-state index < -0.39 is 11.7 Å². The number of alkyl halides is 3. The van der Waals surface area contributed by atoms with Crippen molar-refractivity contribution in [2.24, 2.45) is 0 Å². The first-order valence-corrected chi connectivity index (χ1v) is 8.82. The summed E-state index contributed by atoms with van der Waals surface area (Å²) < 4.78 is 44.7. The molecule has 3 rings (SSSR count). The molecule has 1 heterocycles. The number of anilines is 1. The van der Waals surface area contributed by atoms with E-state index in [1.165, 1.54) is 6.07 Å². The van der Waals surface area contributed by atoms with Crippen molar-refractivity contribution in [3.63, 3.8) is 0 Å². The Balaban J connectivity index is 2.15. The molecule has 0 saturated carbocycles. The Hall–Kier alpha value is -3.02. The molecule has 0 bridgehead atoms. The molecule has 6 heteroatoms. The van der Waals surface area contributed by atoms with Gasteiger partial charge in [0.15, 0.2) is 0 Å². The summed E-state index contributed by atoms with van der Waals surface area (Å²) in [7, 11) is 1.58. The molecule has 1 aromatic heterocycles. The lowest BCUT2D eigenvalue weighted by molar-refractivity contribution is -0.137. The van der Waals surface area contributed by atoms with Crippen molar-refractivity contribution in [3.8, 4) is 28.0 Å². The number of pyridine rings is 1. The predicted octanol–water partition coefficient (Wildman–Crippen LogP) is 6.15. The van der Waals surface area contributed by atoms with Gasteiger partial charge in [-0.15, -0.1) is 0 Å². The van der Waals surface area contributed by atoms with E-state index in [-0.39, 0.29) is 5.82 Å². The lowest BCUT2D eigenvalue weighted by Gasteiger charge is -2.15. The zero-order chi connectivity index (χ0) is 20.5. The van der Waals surface area contributed by atoms with Crippen LogP contribution in [0.4, 0.5) is 19.0 Å². The normalized spacial score (nSPS) is 11.7. The lowest BCUT2D eigenvalue weighted by Crippen LogP contribution is -2.05. The molecule has 3 aromatic rings. The second-order valence-corrected chi connectivity index (χ2v) is 6.85. The molecule has 0 aliphatic rings. The minimum absolute atomic E-state index is 0.169. The Bertz CT molecular complexity index is 997. The first-order valence-electron chi connectivity index (χ1n) is 8.82. The Morgan fingerprint density at radius 2 is 1.71 bits per heavy atom. The molecule has 3 nitrogen and oxygen atoms in total. The third kappa shape index (κ3) is 3.96. The number of aromatic nitrogens is 1. The van der Waals surface area contributed by atoms with Gasteiger partial charge >= 0.3 is 6.18 Å². The fourth-order valence-electron chi connectivity index (χ4n) is 3.03. The smallest absolute Gasteiger partial charge is 0.416 e. The third-order valence-electron chi connectivity index (χ3n) is 4.62. The van der Waals surface area contributed by atoms with Gasteiger partial charge in [-0.25, -0.2) is 4.98 Å². The van der Waals surface area contributed by atoms with Crippen LogP contribution in [-0.2, 0) is 6.18 Å². The Kier molecular flexibility index (Phi) is 5.31. The van der Waals surface area contributed by atoms with Crippen LogP contribution in [0.2, 0.25) is 0 Å². The van der Waals surface area contributed by atoms with Crippen LogP contribution in [0.15, 0.2) is 54.7 Å². The number of hydrogen-bond acceptors (Lipinski definition) is 3. The monoisotopic (exact) mass is 386 g/mol. The highest BCUT2D eigenvalue weighted by Gasteiger charge is 2.30. The molecule has 0 radical (unpaired) electrons. The second kappa shape index (κ2) is 7.54. The van der Waals surface area contributed by atoms with Crippen LogP contribution in [0.25, 0.3) is 22.3 Å². The molecule has 146 valence electrons. The molecular formula is C22H21F3N2O. The minimum Gasteiger partial charge on any atom is -0.496 e. The van der Waals surface area contributed by atoms with Crippen molar-refractivity contribution >= 4 is 5.82 Å². The van der Waals surface area contributed by atoms with Crippen molar-refractivity contribution in [3.05, 3.63) is 65.9 Å². The molecule has 2 N–H and O–H groups in total. The van der Waals surface area contributed by atoms with E-state index in [9.17, 15) is 13.2 Å². The van der Waals surface area contributed by atoms with Gasteiger partial charge in [-0.05, 0) is 47.4 Å². The lowest BCUT2D eigenvalue weighted by atomic mass is 9.95. The Morgan fingerprint density at radius 3 is 2.36 bits per heavy atom. The molecule has 0 amide bonds. The van der Waals surface area contributed by atoms with Gasteiger partial charge in [-0.3, -0.25) is 0 Å². The maximum absolute atomic E-state index is 13.1. The largest absolute Gasteiger partial charge is 0.496 e. The number of rotatable bonds is 4. The van der Waals surface area contributed by atoms with Crippen LogP contribution < -0.4 is 10.5 Å². The molecule has 0 aliphatic heterocycles. The fourth-order valence-corrected chi connectivity index (χ4v) is 3.03. The van der Waals surface area contributed by atoms with E-state index in [0.717, 1.165) is 28.8 Å². The van der Waals surface area contributed by atoms with Crippen molar-refractivity contribution < 1.29 is 17.9 Å². The van der Waals surface area contributed by atoms with Crippen LogP contribution in [0.5, 0.6) is 5.75 Å². The van der Waals surface area contributed by atoms with Gasteiger partial charge in [0.25, 0.3) is 0 Å². The number of hydrogen-bond donors (Lipinski definition) is 1. The summed E-state index contributed by atoms with van der Waals surface area (Å²) in [6, 6.07) is 12.7. The van der Waals surface area contributed by atoms with Crippen molar-refractivity contribution in [2.75, 3.05) is 12.8 Å². The Labute approximate surface area is 162 Å². The molecule has 2 aromatic carbocycles. The highest BCUT2D eigenvalue weighted by molar-refractivity contribution is 5.81. The molecular weight excluding hydrogens is 365 g/mol. The molecule has 0 fully saturated rings. The van der Waals surface area contributed by atoms with Gasteiger partial charge in [0, 0.05) is 22.9 Å². The van der Waals surface area contributed by atoms with Gasteiger partial charge in [0.05, 0.1) is 12.7 Å². The van der Waals surface area contributed by atoms with E-state index in [1.54, 1.807) is 25.4 Å². The second-order valence-electron chi connectivity index (χ2n) is 6.85. The summed E-state index contributed by atoms with van der Waals surface area (Å²) in [6.45, 7) is 4.17. The van der Waals surface area contributed by atoms with Crippen LogP contribution in [0, 0.1) is 0 Å². The van der Waals surface area contributed by atoms with Crippen LogP contribution in [0.1, 0.15) is 30.9 Å². The van der Waals surface area contributed by atoms with Crippen LogP contribution in [-0.4, -0.2) is 12.1 Å². The number of nitrogens with zero attached hydrogens (tertiary/aromatic N) is 1. The fraction of sp³-hybridized carbons (Fsp3) is 0.227. The average molecular weight is 386 g/mol. The topological polar surface area (TPSA) is 48.1 Å². The summed E-state index contributed by atoms with van der Waals surface area (Å²) in [5, 5.41) is 0. The highest BCUT2D eigenvalue weighted by Crippen LogP contribution is 2.37.